The highest BCUT2D eigenvalue weighted by Crippen LogP contribution is 2.33. The summed E-state index contributed by atoms with van der Waals surface area (Å²) in [6, 6.07) is 4.38. The fourth-order valence-corrected chi connectivity index (χ4v) is 4.87. The molecule has 4 nitrogen and oxygen atoms in total. The molecular weight excluding hydrogens is 307 g/mol. The molecule has 1 aliphatic heterocycles. The van der Waals surface area contributed by atoms with Crippen LogP contribution in [0.25, 0.3) is 0 Å². The predicted octanol–water partition coefficient (Wildman–Crippen LogP) is 2.35. The van der Waals surface area contributed by atoms with Crippen molar-refractivity contribution in [3.05, 3.63) is 28.2 Å². The van der Waals surface area contributed by atoms with Gasteiger partial charge in [0.15, 0.2) is 0 Å². The molecule has 1 aliphatic rings. The number of nitrogens with zero attached hydrogens (tertiary/aromatic N) is 1. The first-order valence-electron chi connectivity index (χ1n) is 6.03. The number of nitrogens with two attached hydrogens (primary N) is 1. The van der Waals surface area contributed by atoms with Gasteiger partial charge in [-0.3, -0.25) is 0 Å². The van der Waals surface area contributed by atoms with Crippen molar-refractivity contribution in [1.29, 1.82) is 0 Å². The molecule has 1 fully saturated rings. The van der Waals surface area contributed by atoms with Crippen LogP contribution in [0.3, 0.4) is 0 Å². The Morgan fingerprint density at radius 2 is 2.11 bits per heavy atom. The van der Waals surface area contributed by atoms with Crippen molar-refractivity contribution in [3.63, 3.8) is 0 Å². The summed E-state index contributed by atoms with van der Waals surface area (Å²) in [6.07, 6.45) is 0.772. The SMILES string of the molecule is CC1CC(CN)CN1S(=O)(=O)c1cc(Cl)ccc1Cl. The fraction of sp³-hybridized carbons (Fsp3) is 0.500. The van der Waals surface area contributed by atoms with Crippen molar-refractivity contribution in [1.82, 2.24) is 4.31 Å². The lowest BCUT2D eigenvalue weighted by molar-refractivity contribution is 0.404. The molecule has 2 rings (SSSR count). The summed E-state index contributed by atoms with van der Waals surface area (Å²) >= 11 is 11.8. The van der Waals surface area contributed by atoms with Gasteiger partial charge >= 0.3 is 0 Å². The van der Waals surface area contributed by atoms with E-state index in [4.69, 9.17) is 28.9 Å². The number of halogens is 2. The second-order valence-corrected chi connectivity index (χ2v) is 7.54. The molecule has 0 amide bonds. The smallest absolute Gasteiger partial charge is 0.244 e. The Labute approximate surface area is 123 Å². The summed E-state index contributed by atoms with van der Waals surface area (Å²) in [7, 11) is -3.62. The third kappa shape index (κ3) is 2.90. The van der Waals surface area contributed by atoms with Crippen molar-refractivity contribution >= 4 is 33.2 Å². The van der Waals surface area contributed by atoms with Crippen molar-refractivity contribution in [2.24, 2.45) is 11.7 Å². The molecule has 7 heteroatoms. The zero-order valence-electron chi connectivity index (χ0n) is 10.5. The minimum Gasteiger partial charge on any atom is -0.330 e. The Bertz CT molecular complexity index is 577. The molecule has 1 heterocycles. The summed E-state index contributed by atoms with van der Waals surface area (Å²) < 4.78 is 26.7. The average molecular weight is 323 g/mol. The van der Waals surface area contributed by atoms with Gasteiger partial charge < -0.3 is 5.73 Å². The molecular formula is C12H16Cl2N2O2S. The molecule has 0 aliphatic carbocycles. The highest BCUT2D eigenvalue weighted by molar-refractivity contribution is 7.89. The lowest BCUT2D eigenvalue weighted by Gasteiger charge is -2.21. The Kier molecular flexibility index (Phi) is 4.42. The first-order valence-corrected chi connectivity index (χ1v) is 8.23. The zero-order chi connectivity index (χ0) is 14.2. The van der Waals surface area contributed by atoms with Crippen molar-refractivity contribution < 1.29 is 8.42 Å². The third-order valence-electron chi connectivity index (χ3n) is 3.42. The molecule has 1 saturated heterocycles. The maximum absolute atomic E-state index is 12.6. The Morgan fingerprint density at radius 3 is 2.68 bits per heavy atom. The van der Waals surface area contributed by atoms with Crippen LogP contribution in [0.4, 0.5) is 0 Å². The van der Waals surface area contributed by atoms with Gasteiger partial charge in [-0.05, 0) is 44.0 Å². The number of hydrogen-bond donors (Lipinski definition) is 1. The lowest BCUT2D eigenvalue weighted by atomic mass is 10.1. The molecule has 2 atom stereocenters. The number of rotatable bonds is 3. The molecule has 1 aromatic carbocycles. The van der Waals surface area contributed by atoms with Gasteiger partial charge in [-0.25, -0.2) is 8.42 Å². The van der Waals surface area contributed by atoms with Gasteiger partial charge in [-0.15, -0.1) is 0 Å². The van der Waals surface area contributed by atoms with Crippen molar-refractivity contribution in [3.8, 4) is 0 Å². The summed E-state index contributed by atoms with van der Waals surface area (Å²) in [4.78, 5) is 0.0613. The summed E-state index contributed by atoms with van der Waals surface area (Å²) in [5.41, 5.74) is 5.63. The fourth-order valence-electron chi connectivity index (χ4n) is 2.42. The largest absolute Gasteiger partial charge is 0.330 e. The van der Waals surface area contributed by atoms with E-state index >= 15 is 0 Å². The Morgan fingerprint density at radius 1 is 1.42 bits per heavy atom. The van der Waals surface area contributed by atoms with Crippen LogP contribution in [0.1, 0.15) is 13.3 Å². The third-order valence-corrected chi connectivity index (χ3v) is 6.11. The average Bonchev–Trinajstić information content (AvgIpc) is 2.74. The lowest BCUT2D eigenvalue weighted by Crippen LogP contribution is -2.34. The van der Waals surface area contributed by atoms with Gasteiger partial charge in [-0.1, -0.05) is 23.2 Å². The van der Waals surface area contributed by atoms with Crippen LogP contribution in [0.15, 0.2) is 23.1 Å². The van der Waals surface area contributed by atoms with E-state index < -0.39 is 10.0 Å². The second-order valence-electron chi connectivity index (χ2n) is 4.84. The van der Waals surface area contributed by atoms with E-state index in [1.807, 2.05) is 6.92 Å². The molecule has 0 spiro atoms. The Hall–Kier alpha value is -0.330. The van der Waals surface area contributed by atoms with Crippen molar-refractivity contribution in [2.45, 2.75) is 24.3 Å². The summed E-state index contributed by atoms with van der Waals surface area (Å²) in [6.45, 7) is 2.80. The minimum absolute atomic E-state index is 0.0613. The number of sulfonamides is 1. The van der Waals surface area contributed by atoms with E-state index in [0.29, 0.717) is 18.1 Å². The Balaban J connectivity index is 2.40. The molecule has 0 bridgehead atoms. The first kappa shape index (κ1) is 15.1. The van der Waals surface area contributed by atoms with Crippen LogP contribution in [-0.2, 0) is 10.0 Å². The molecule has 1 aromatic rings. The highest BCUT2D eigenvalue weighted by atomic mass is 35.5. The number of hydrogen-bond acceptors (Lipinski definition) is 3. The van der Waals surface area contributed by atoms with Crippen LogP contribution in [0.5, 0.6) is 0 Å². The van der Waals surface area contributed by atoms with E-state index in [1.54, 1.807) is 6.07 Å². The molecule has 19 heavy (non-hydrogen) atoms. The van der Waals surface area contributed by atoms with Crippen LogP contribution in [0.2, 0.25) is 10.0 Å². The molecule has 0 saturated carbocycles. The predicted molar refractivity (Wildman–Crippen MR) is 77.0 cm³/mol. The molecule has 2 unspecified atom stereocenters. The van der Waals surface area contributed by atoms with Crippen LogP contribution in [-0.4, -0.2) is 31.9 Å². The number of benzene rings is 1. The topological polar surface area (TPSA) is 63.4 Å². The van der Waals surface area contributed by atoms with Gasteiger partial charge in [0, 0.05) is 17.6 Å². The molecule has 0 aromatic heterocycles. The van der Waals surface area contributed by atoms with Crippen LogP contribution < -0.4 is 5.73 Å². The molecule has 0 radical (unpaired) electrons. The van der Waals surface area contributed by atoms with Crippen LogP contribution in [0, 0.1) is 5.92 Å². The van der Waals surface area contributed by atoms with E-state index in [9.17, 15) is 8.42 Å². The molecule has 106 valence electrons. The standard InChI is InChI=1S/C12H16Cl2N2O2S/c1-8-4-9(6-15)7-16(8)19(17,18)12-5-10(13)2-3-11(12)14/h2-3,5,8-9H,4,6-7,15H2,1H3. The van der Waals surface area contributed by atoms with Gasteiger partial charge in [0.25, 0.3) is 0 Å². The maximum atomic E-state index is 12.6. The summed E-state index contributed by atoms with van der Waals surface area (Å²) in [5, 5.41) is 0.540. The van der Waals surface area contributed by atoms with Crippen LogP contribution >= 0.6 is 23.2 Å². The normalized spacial score (nSPS) is 24.8. The van der Waals surface area contributed by atoms with Gasteiger partial charge in [-0.2, -0.15) is 4.31 Å². The monoisotopic (exact) mass is 322 g/mol. The van der Waals surface area contributed by atoms with E-state index in [1.165, 1.54) is 16.4 Å². The van der Waals surface area contributed by atoms with Gasteiger partial charge in [0.1, 0.15) is 4.90 Å². The summed E-state index contributed by atoms with van der Waals surface area (Å²) in [5.74, 6) is 0.197. The quantitative estimate of drug-likeness (QED) is 0.929. The first-order chi connectivity index (χ1) is 8.86. The van der Waals surface area contributed by atoms with Crippen molar-refractivity contribution in [2.75, 3.05) is 13.1 Å². The highest BCUT2D eigenvalue weighted by Gasteiger charge is 2.38. The van der Waals surface area contributed by atoms with E-state index in [-0.39, 0.29) is 21.9 Å². The van der Waals surface area contributed by atoms with Gasteiger partial charge in [0.05, 0.1) is 5.02 Å². The zero-order valence-corrected chi connectivity index (χ0v) is 12.8. The second kappa shape index (κ2) is 5.58. The van der Waals surface area contributed by atoms with E-state index in [0.717, 1.165) is 6.42 Å². The molecule has 2 N–H and O–H groups in total. The minimum atomic E-state index is -3.62. The van der Waals surface area contributed by atoms with Gasteiger partial charge in [0.2, 0.25) is 10.0 Å². The van der Waals surface area contributed by atoms with E-state index in [2.05, 4.69) is 0 Å². The maximum Gasteiger partial charge on any atom is 0.244 e.